The Hall–Kier alpha value is -1.47. The van der Waals surface area contributed by atoms with Gasteiger partial charge in [-0.1, -0.05) is 31.5 Å². The molecule has 3 heterocycles. The lowest BCUT2D eigenvalue weighted by molar-refractivity contribution is -0.127. The minimum absolute atomic E-state index is 0.106. The number of halogens is 2. The van der Waals surface area contributed by atoms with Gasteiger partial charge in [0.25, 0.3) is 0 Å². The lowest BCUT2D eigenvalue weighted by Crippen LogP contribution is -2.47. The fourth-order valence-corrected chi connectivity index (χ4v) is 6.06. The highest BCUT2D eigenvalue weighted by Crippen LogP contribution is 2.39. The zero-order valence-electron chi connectivity index (χ0n) is 20.2. The molecule has 2 aromatic rings. The van der Waals surface area contributed by atoms with Gasteiger partial charge < -0.3 is 10.6 Å². The quantitative estimate of drug-likeness (QED) is 0.548. The van der Waals surface area contributed by atoms with Crippen molar-refractivity contribution in [2.75, 3.05) is 26.2 Å². The molecule has 1 aliphatic carbocycles. The van der Waals surface area contributed by atoms with Gasteiger partial charge in [-0.25, -0.2) is 0 Å². The number of carbonyl (C=O) groups excluding carboxylic acids is 1. The van der Waals surface area contributed by atoms with Gasteiger partial charge in [0.2, 0.25) is 5.91 Å². The number of piperidine rings is 2. The van der Waals surface area contributed by atoms with E-state index in [0.29, 0.717) is 6.04 Å². The van der Waals surface area contributed by atoms with E-state index in [-0.39, 0.29) is 17.9 Å². The Morgan fingerprint density at radius 1 is 1.09 bits per heavy atom. The van der Waals surface area contributed by atoms with Crippen LogP contribution in [0.1, 0.15) is 68.0 Å². The first kappa shape index (κ1) is 25.6. The number of carbonyl (C=O) groups is 1. The molecule has 1 aromatic heterocycles. The van der Waals surface area contributed by atoms with Crippen LogP contribution in [0.4, 0.5) is 0 Å². The monoisotopic (exact) mass is 546 g/mol. The van der Waals surface area contributed by atoms with Crippen molar-refractivity contribution < 1.29 is 4.79 Å². The number of likely N-dealkylation sites (tertiary alicyclic amines) is 1. The van der Waals surface area contributed by atoms with E-state index in [4.69, 9.17) is 16.6 Å². The van der Waals surface area contributed by atoms with Crippen LogP contribution in [-0.2, 0) is 17.6 Å². The Labute approximate surface area is 217 Å². The summed E-state index contributed by atoms with van der Waals surface area (Å²) in [6.45, 7) is 7.79. The van der Waals surface area contributed by atoms with Crippen LogP contribution in [0.3, 0.4) is 0 Å². The molecule has 2 fully saturated rings. The van der Waals surface area contributed by atoms with E-state index in [1.54, 1.807) is 0 Å². The first-order valence-electron chi connectivity index (χ1n) is 12.8. The molecule has 1 atom stereocenters. The number of aryl methyl sites for hydroxylation is 2. The number of rotatable bonds is 3. The fraction of sp³-hybridized carbons (Fsp3) is 0.556. The molecule has 1 aromatic carbocycles. The van der Waals surface area contributed by atoms with E-state index in [1.807, 2.05) is 26.1 Å². The number of amides is 1. The molecule has 5 rings (SSSR count). The maximum atomic E-state index is 12.9. The summed E-state index contributed by atoms with van der Waals surface area (Å²) in [4.78, 5) is 20.3. The van der Waals surface area contributed by atoms with Crippen molar-refractivity contribution in [3.8, 4) is 0 Å². The van der Waals surface area contributed by atoms with Crippen molar-refractivity contribution in [2.45, 2.75) is 64.5 Å². The number of nitrogens with zero attached hydrogens (tertiary/aromatic N) is 2. The molecule has 0 spiro atoms. The molecule has 2 N–H and O–H groups in total. The standard InChI is InChI=1S/C25H30BrClN4O.C2H6/c26-19-13-18-2-1-17-14-20(27)3-4-22(17)24(23(18)29-15-19)31-11-7-16(8-12-31)25(32)30-21-5-9-28-10-6-21;1-2/h3-4,13-16,21,24,28H,1-2,5-12H2,(H,30,32);1-2H3. The van der Waals surface area contributed by atoms with E-state index >= 15 is 0 Å². The topological polar surface area (TPSA) is 57.3 Å². The van der Waals surface area contributed by atoms with Crippen molar-refractivity contribution in [1.82, 2.24) is 20.5 Å². The van der Waals surface area contributed by atoms with Crippen LogP contribution in [0.2, 0.25) is 5.02 Å². The summed E-state index contributed by atoms with van der Waals surface area (Å²) in [6.07, 6.45) is 7.68. The number of pyridine rings is 1. The van der Waals surface area contributed by atoms with Crippen LogP contribution in [0.25, 0.3) is 0 Å². The molecular formula is C27H36BrClN4O. The largest absolute Gasteiger partial charge is 0.353 e. The summed E-state index contributed by atoms with van der Waals surface area (Å²) in [6, 6.07) is 8.94. The molecule has 2 saturated heterocycles. The molecular weight excluding hydrogens is 512 g/mol. The highest BCUT2D eigenvalue weighted by atomic mass is 79.9. The van der Waals surface area contributed by atoms with E-state index < -0.39 is 0 Å². The second kappa shape index (κ2) is 12.0. The summed E-state index contributed by atoms with van der Waals surface area (Å²) in [5.74, 6) is 0.348. The van der Waals surface area contributed by atoms with Crippen molar-refractivity contribution >= 4 is 33.4 Å². The second-order valence-electron chi connectivity index (χ2n) is 9.29. The van der Waals surface area contributed by atoms with E-state index in [9.17, 15) is 4.79 Å². The van der Waals surface area contributed by atoms with Gasteiger partial charge in [-0.3, -0.25) is 14.7 Å². The van der Waals surface area contributed by atoms with Gasteiger partial charge in [0, 0.05) is 27.7 Å². The third-order valence-corrected chi connectivity index (χ3v) is 7.91. The molecule has 184 valence electrons. The number of fused-ring (bicyclic) bond motifs is 2. The molecule has 2 aliphatic heterocycles. The Morgan fingerprint density at radius 3 is 2.53 bits per heavy atom. The summed E-state index contributed by atoms with van der Waals surface area (Å²) in [5, 5.41) is 7.46. The Balaban J connectivity index is 0.00000133. The van der Waals surface area contributed by atoms with E-state index in [1.165, 1.54) is 16.7 Å². The van der Waals surface area contributed by atoms with Gasteiger partial charge in [0.05, 0.1) is 11.7 Å². The van der Waals surface area contributed by atoms with Gasteiger partial charge in [-0.15, -0.1) is 0 Å². The smallest absolute Gasteiger partial charge is 0.223 e. The lowest BCUT2D eigenvalue weighted by Gasteiger charge is -2.38. The fourth-order valence-electron chi connectivity index (χ4n) is 5.49. The molecule has 3 aliphatic rings. The van der Waals surface area contributed by atoms with Gasteiger partial charge in [0.15, 0.2) is 0 Å². The number of hydrogen-bond acceptors (Lipinski definition) is 4. The third-order valence-electron chi connectivity index (χ3n) is 7.24. The predicted molar refractivity (Wildman–Crippen MR) is 142 cm³/mol. The summed E-state index contributed by atoms with van der Waals surface area (Å²) in [5.41, 5.74) is 5.05. The van der Waals surface area contributed by atoms with Crippen molar-refractivity contribution in [3.05, 3.63) is 62.3 Å². The van der Waals surface area contributed by atoms with E-state index in [0.717, 1.165) is 79.9 Å². The SMILES string of the molecule is CC.O=C(NC1CCNCC1)C1CCN(C2c3ccc(Cl)cc3CCc3cc(Br)cnc32)CC1. The normalized spacial score (nSPS) is 21.5. The van der Waals surface area contributed by atoms with Crippen LogP contribution in [0.5, 0.6) is 0 Å². The van der Waals surface area contributed by atoms with Gasteiger partial charge in [0.1, 0.15) is 0 Å². The van der Waals surface area contributed by atoms with Crippen LogP contribution >= 0.6 is 27.5 Å². The minimum Gasteiger partial charge on any atom is -0.353 e. The maximum Gasteiger partial charge on any atom is 0.223 e. The molecule has 0 bridgehead atoms. The Morgan fingerprint density at radius 2 is 1.79 bits per heavy atom. The summed E-state index contributed by atoms with van der Waals surface area (Å²) in [7, 11) is 0. The van der Waals surface area contributed by atoms with Crippen molar-refractivity contribution in [2.24, 2.45) is 5.92 Å². The van der Waals surface area contributed by atoms with Crippen molar-refractivity contribution in [1.29, 1.82) is 0 Å². The zero-order chi connectivity index (χ0) is 24.1. The van der Waals surface area contributed by atoms with Crippen LogP contribution < -0.4 is 10.6 Å². The maximum absolute atomic E-state index is 12.9. The second-order valence-corrected chi connectivity index (χ2v) is 10.6. The number of hydrogen-bond donors (Lipinski definition) is 2. The highest BCUT2D eigenvalue weighted by Gasteiger charge is 2.34. The lowest BCUT2D eigenvalue weighted by atomic mass is 9.90. The first-order valence-corrected chi connectivity index (χ1v) is 13.9. The van der Waals surface area contributed by atoms with Crippen molar-refractivity contribution in [3.63, 3.8) is 0 Å². The molecule has 1 unspecified atom stereocenters. The minimum atomic E-state index is 0.106. The molecule has 34 heavy (non-hydrogen) atoms. The molecule has 5 nitrogen and oxygen atoms in total. The van der Waals surface area contributed by atoms with Gasteiger partial charge in [-0.05, 0) is 116 Å². The summed E-state index contributed by atoms with van der Waals surface area (Å²) < 4.78 is 1.02. The predicted octanol–water partition coefficient (Wildman–Crippen LogP) is 5.29. The van der Waals surface area contributed by atoms with Crippen LogP contribution in [-0.4, -0.2) is 48.0 Å². The highest BCUT2D eigenvalue weighted by molar-refractivity contribution is 9.10. The summed E-state index contributed by atoms with van der Waals surface area (Å²) >= 11 is 9.95. The van der Waals surface area contributed by atoms with Gasteiger partial charge in [-0.2, -0.15) is 0 Å². The number of benzene rings is 1. The van der Waals surface area contributed by atoms with Gasteiger partial charge >= 0.3 is 0 Å². The third kappa shape index (κ3) is 5.84. The number of aromatic nitrogens is 1. The molecule has 0 saturated carbocycles. The number of nitrogens with one attached hydrogen (secondary N) is 2. The molecule has 0 radical (unpaired) electrons. The van der Waals surface area contributed by atoms with Crippen LogP contribution in [0.15, 0.2) is 34.9 Å². The first-order chi connectivity index (χ1) is 16.6. The average Bonchev–Trinajstić information content (AvgIpc) is 3.02. The van der Waals surface area contributed by atoms with E-state index in [2.05, 4.69) is 49.7 Å². The Bertz CT molecular complexity index is 933. The average molecular weight is 548 g/mol. The zero-order valence-corrected chi connectivity index (χ0v) is 22.6. The van der Waals surface area contributed by atoms with Crippen LogP contribution in [0, 0.1) is 5.92 Å². The Kier molecular flexibility index (Phi) is 9.03. The molecule has 7 heteroatoms. The molecule has 1 amide bonds.